The second-order valence-corrected chi connectivity index (χ2v) is 5.87. The normalized spacial score (nSPS) is 17.9. The molecule has 0 saturated heterocycles. The summed E-state index contributed by atoms with van der Waals surface area (Å²) in [7, 11) is 0. The molecule has 1 aliphatic heterocycles. The molecule has 92 valence electrons. The van der Waals surface area contributed by atoms with Crippen molar-refractivity contribution >= 4 is 17.4 Å². The van der Waals surface area contributed by atoms with Gasteiger partial charge in [0.15, 0.2) is 0 Å². The highest BCUT2D eigenvalue weighted by Gasteiger charge is 2.18. The molecule has 2 aromatic carbocycles. The van der Waals surface area contributed by atoms with E-state index in [0.29, 0.717) is 5.92 Å². The van der Waals surface area contributed by atoms with Gasteiger partial charge in [-0.25, -0.2) is 0 Å². The van der Waals surface area contributed by atoms with Crippen LogP contribution < -0.4 is 5.32 Å². The van der Waals surface area contributed by atoms with Crippen LogP contribution in [0.25, 0.3) is 0 Å². The van der Waals surface area contributed by atoms with E-state index in [4.69, 9.17) is 0 Å². The summed E-state index contributed by atoms with van der Waals surface area (Å²) in [6, 6.07) is 17.2. The van der Waals surface area contributed by atoms with Crippen molar-refractivity contribution in [1.82, 2.24) is 0 Å². The quantitative estimate of drug-likeness (QED) is 0.830. The van der Waals surface area contributed by atoms with E-state index < -0.39 is 0 Å². The molecule has 1 N–H and O–H groups in total. The molecule has 1 nitrogen and oxygen atoms in total. The lowest BCUT2D eigenvalue weighted by atomic mass is 9.93. The van der Waals surface area contributed by atoms with Gasteiger partial charge in [-0.3, -0.25) is 0 Å². The van der Waals surface area contributed by atoms with E-state index in [1.54, 1.807) is 0 Å². The molecule has 1 atom stereocenters. The third-order valence-corrected chi connectivity index (χ3v) is 4.51. The summed E-state index contributed by atoms with van der Waals surface area (Å²) in [5.41, 5.74) is 2.80. The van der Waals surface area contributed by atoms with Gasteiger partial charge in [0.05, 0.1) is 5.69 Å². The number of hydrogen-bond acceptors (Lipinski definition) is 2. The monoisotopic (exact) mass is 255 g/mol. The molecule has 0 amide bonds. The first-order valence-corrected chi connectivity index (χ1v) is 7.26. The molecular weight excluding hydrogens is 238 g/mol. The van der Waals surface area contributed by atoms with Crippen molar-refractivity contribution in [2.24, 2.45) is 0 Å². The van der Waals surface area contributed by atoms with Crippen molar-refractivity contribution in [2.75, 3.05) is 11.9 Å². The van der Waals surface area contributed by atoms with Crippen LogP contribution in [0.3, 0.4) is 0 Å². The van der Waals surface area contributed by atoms with E-state index in [9.17, 15) is 0 Å². The Balaban J connectivity index is 1.96. The largest absolute Gasteiger partial charge is 0.384 e. The first-order chi connectivity index (χ1) is 8.84. The van der Waals surface area contributed by atoms with E-state index in [0.717, 1.165) is 6.54 Å². The average molecular weight is 255 g/mol. The fraction of sp³-hybridized carbons (Fsp3) is 0.250. The van der Waals surface area contributed by atoms with Crippen molar-refractivity contribution in [3.8, 4) is 0 Å². The lowest BCUT2D eigenvalue weighted by Crippen LogP contribution is -2.15. The zero-order chi connectivity index (χ0) is 12.4. The zero-order valence-electron chi connectivity index (χ0n) is 10.5. The maximum atomic E-state index is 3.56. The van der Waals surface area contributed by atoms with Crippen LogP contribution in [0.2, 0.25) is 0 Å². The minimum Gasteiger partial charge on any atom is -0.384 e. The van der Waals surface area contributed by atoms with Gasteiger partial charge in [0.25, 0.3) is 0 Å². The molecule has 0 spiro atoms. The van der Waals surface area contributed by atoms with Gasteiger partial charge >= 0.3 is 0 Å². The molecule has 2 heteroatoms. The Morgan fingerprint density at radius 2 is 1.89 bits per heavy atom. The highest BCUT2D eigenvalue weighted by molar-refractivity contribution is 7.99. The van der Waals surface area contributed by atoms with E-state index in [-0.39, 0.29) is 0 Å². The van der Waals surface area contributed by atoms with Gasteiger partial charge < -0.3 is 5.32 Å². The van der Waals surface area contributed by atoms with Crippen molar-refractivity contribution < 1.29 is 0 Å². The molecule has 0 fully saturated rings. The number of para-hydroxylation sites is 1. The van der Waals surface area contributed by atoms with E-state index in [1.807, 2.05) is 11.8 Å². The fourth-order valence-corrected chi connectivity index (χ4v) is 3.40. The smallest absolute Gasteiger partial charge is 0.0517 e. The lowest BCUT2D eigenvalue weighted by molar-refractivity contribution is 0.680. The molecule has 2 aromatic rings. The van der Waals surface area contributed by atoms with Gasteiger partial charge in [-0.05, 0) is 36.1 Å². The van der Waals surface area contributed by atoms with Crippen LogP contribution in [0, 0.1) is 0 Å². The van der Waals surface area contributed by atoms with Crippen molar-refractivity contribution in [3.05, 3.63) is 54.1 Å². The second-order valence-electron chi connectivity index (χ2n) is 4.75. The first-order valence-electron chi connectivity index (χ1n) is 6.44. The number of benzene rings is 2. The van der Waals surface area contributed by atoms with Crippen LogP contribution >= 0.6 is 11.8 Å². The maximum Gasteiger partial charge on any atom is 0.0517 e. The number of rotatable bonds is 2. The van der Waals surface area contributed by atoms with Gasteiger partial charge in [-0.2, -0.15) is 0 Å². The van der Waals surface area contributed by atoms with Crippen molar-refractivity contribution in [2.45, 2.75) is 29.1 Å². The summed E-state index contributed by atoms with van der Waals surface area (Å²) in [6.45, 7) is 3.40. The van der Waals surface area contributed by atoms with E-state index in [1.165, 1.54) is 27.5 Å². The Labute approximate surface area is 113 Å². The van der Waals surface area contributed by atoms with Crippen LogP contribution in [0.1, 0.15) is 24.8 Å². The van der Waals surface area contributed by atoms with Crippen LogP contribution in [-0.4, -0.2) is 6.54 Å². The summed E-state index contributed by atoms with van der Waals surface area (Å²) >= 11 is 1.84. The number of nitrogens with one attached hydrogen (secondary N) is 1. The topological polar surface area (TPSA) is 12.0 Å². The van der Waals surface area contributed by atoms with Gasteiger partial charge in [0.1, 0.15) is 0 Å². The Bertz CT molecular complexity index is 536. The predicted octanol–water partition coefficient (Wildman–Crippen LogP) is 4.76. The first kappa shape index (κ1) is 11.7. The fourth-order valence-electron chi connectivity index (χ4n) is 2.42. The molecule has 0 radical (unpaired) electrons. The summed E-state index contributed by atoms with van der Waals surface area (Å²) in [5.74, 6) is 0.664. The number of fused-ring (bicyclic) bond motifs is 1. The van der Waals surface area contributed by atoms with Crippen LogP contribution in [-0.2, 0) is 0 Å². The number of hydrogen-bond donors (Lipinski definition) is 1. The molecule has 3 rings (SSSR count). The van der Waals surface area contributed by atoms with Crippen molar-refractivity contribution in [1.29, 1.82) is 0 Å². The Morgan fingerprint density at radius 1 is 1.06 bits per heavy atom. The average Bonchev–Trinajstić information content (AvgIpc) is 2.41. The minimum absolute atomic E-state index is 0.664. The molecule has 0 aromatic heterocycles. The predicted molar refractivity (Wildman–Crippen MR) is 78.5 cm³/mol. The second kappa shape index (κ2) is 5.07. The molecule has 18 heavy (non-hydrogen) atoms. The Kier molecular flexibility index (Phi) is 3.28. The standard InChI is InChI=1S/C16H17NS/c1-12-10-11-17-16-14(12)8-5-9-15(16)18-13-6-3-2-4-7-13/h2-9,12,17H,10-11H2,1H3. The molecule has 0 saturated carbocycles. The highest BCUT2D eigenvalue weighted by Crippen LogP contribution is 2.40. The zero-order valence-corrected chi connectivity index (χ0v) is 11.3. The SMILES string of the molecule is CC1CCNc2c(Sc3ccccc3)cccc21. The van der Waals surface area contributed by atoms with Gasteiger partial charge in [-0.15, -0.1) is 0 Å². The van der Waals surface area contributed by atoms with Gasteiger partial charge in [0.2, 0.25) is 0 Å². The Morgan fingerprint density at radius 3 is 2.72 bits per heavy atom. The van der Waals surface area contributed by atoms with Gasteiger partial charge in [-0.1, -0.05) is 49.0 Å². The Hall–Kier alpha value is -1.41. The minimum atomic E-state index is 0.664. The van der Waals surface area contributed by atoms with E-state index >= 15 is 0 Å². The summed E-state index contributed by atoms with van der Waals surface area (Å²) in [4.78, 5) is 2.64. The molecule has 1 aliphatic rings. The van der Waals surface area contributed by atoms with Crippen LogP contribution in [0.4, 0.5) is 5.69 Å². The number of anilines is 1. The molecule has 1 unspecified atom stereocenters. The van der Waals surface area contributed by atoms with E-state index in [2.05, 4.69) is 60.8 Å². The van der Waals surface area contributed by atoms with Crippen LogP contribution in [0.15, 0.2) is 58.3 Å². The molecular formula is C16H17NS. The summed E-state index contributed by atoms with van der Waals surface area (Å²) < 4.78 is 0. The highest BCUT2D eigenvalue weighted by atomic mass is 32.2. The molecule has 1 heterocycles. The summed E-state index contributed by atoms with van der Waals surface area (Å²) in [6.07, 6.45) is 1.23. The third kappa shape index (κ3) is 2.25. The lowest BCUT2D eigenvalue weighted by Gasteiger charge is -2.25. The van der Waals surface area contributed by atoms with Gasteiger partial charge in [0, 0.05) is 16.3 Å². The van der Waals surface area contributed by atoms with Crippen LogP contribution in [0.5, 0.6) is 0 Å². The summed E-state index contributed by atoms with van der Waals surface area (Å²) in [5, 5.41) is 3.56. The molecule has 0 aliphatic carbocycles. The molecule has 0 bridgehead atoms. The third-order valence-electron chi connectivity index (χ3n) is 3.44. The van der Waals surface area contributed by atoms with Crippen molar-refractivity contribution in [3.63, 3.8) is 0 Å². The maximum absolute atomic E-state index is 3.56.